The van der Waals surface area contributed by atoms with Crippen LogP contribution in [-0.2, 0) is 6.17 Å². The van der Waals surface area contributed by atoms with Gasteiger partial charge in [-0.2, -0.15) is 11.1 Å². The second-order valence-corrected chi connectivity index (χ2v) is 10.1. The Hall–Kier alpha value is -0.613. The Morgan fingerprint density at radius 1 is 1.67 bits per heavy atom. The van der Waals surface area contributed by atoms with E-state index in [1.165, 1.54) is 6.20 Å². The number of rotatable bonds is 2. The monoisotopic (exact) mass is 202 g/mol. The molecule has 1 heterocycles. The van der Waals surface area contributed by atoms with Crippen LogP contribution in [0.3, 0.4) is 0 Å². The van der Waals surface area contributed by atoms with Crippen LogP contribution in [-0.4, -0.2) is 16.9 Å². The summed E-state index contributed by atoms with van der Waals surface area (Å²) in [7, 11) is -1.73. The fourth-order valence-corrected chi connectivity index (χ4v) is 2.35. The van der Waals surface area contributed by atoms with Gasteiger partial charge in [-0.25, -0.2) is 9.78 Å². The number of aromatic nitrogens is 2. The zero-order chi connectivity index (χ0) is 9.19. The van der Waals surface area contributed by atoms with E-state index in [0.29, 0.717) is 6.17 Å². The van der Waals surface area contributed by atoms with Crippen molar-refractivity contribution in [3.05, 3.63) is 28.9 Å². The first kappa shape index (κ1) is 9.47. The molecule has 3 nitrogen and oxygen atoms in total. The van der Waals surface area contributed by atoms with Crippen molar-refractivity contribution in [3.8, 4) is 0 Å². The number of halogens is 1. The molecule has 0 radical (unpaired) electrons. The second-order valence-electron chi connectivity index (χ2n) is 3.25. The maximum Gasteiger partial charge on any atom is 0.347 e. The Balaban J connectivity index is 2.91. The first-order valence-electron chi connectivity index (χ1n) is 3.69. The normalized spacial score (nSPS) is 11.6. The minimum atomic E-state index is -1.73. The molecule has 0 saturated carbocycles. The maximum absolute atomic E-state index is 11.1. The molecule has 0 spiro atoms. The van der Waals surface area contributed by atoms with Crippen molar-refractivity contribution >= 4 is 18.5 Å². The van der Waals surface area contributed by atoms with Crippen LogP contribution in [0.4, 0.5) is 0 Å². The van der Waals surface area contributed by atoms with Gasteiger partial charge in [0.05, 0.1) is 0 Å². The van der Waals surface area contributed by atoms with E-state index >= 15 is 0 Å². The number of hydrogen-bond acceptors (Lipinski definition) is 2. The molecule has 0 bridgehead atoms. The third-order valence-corrected chi connectivity index (χ3v) is 2.78. The summed E-state index contributed by atoms with van der Waals surface area (Å²) >= 11 is 6.09. The van der Waals surface area contributed by atoms with Crippen LogP contribution < -0.4 is 5.69 Å². The summed E-state index contributed by atoms with van der Waals surface area (Å²) in [6, 6.07) is 1.73. The highest BCUT2D eigenvalue weighted by Crippen LogP contribution is 2.08. The van der Waals surface area contributed by atoms with Crippen molar-refractivity contribution in [1.82, 2.24) is 9.55 Å². The van der Waals surface area contributed by atoms with E-state index in [-0.39, 0.29) is 5.69 Å². The Kier molecular flexibility index (Phi) is 2.69. The molecule has 12 heavy (non-hydrogen) atoms. The average Bonchev–Trinajstić information content (AvgIpc) is 1.91. The van der Waals surface area contributed by atoms with Gasteiger partial charge in [-0.3, -0.25) is 0 Å². The molecule has 0 N–H and O–H groups in total. The Morgan fingerprint density at radius 2 is 2.33 bits per heavy atom. The van der Waals surface area contributed by atoms with Crippen molar-refractivity contribution in [3.63, 3.8) is 0 Å². The summed E-state index contributed by atoms with van der Waals surface area (Å²) < 4.78 is 1.55. The Labute approximate surface area is 76.7 Å². The summed E-state index contributed by atoms with van der Waals surface area (Å²) in [6.07, 6.45) is 3.81. The van der Waals surface area contributed by atoms with Gasteiger partial charge in [0, 0.05) is 18.6 Å². The molecule has 0 amide bonds. The summed E-state index contributed by atoms with van der Waals surface area (Å²) in [5.41, 5.74) is -0.223. The van der Waals surface area contributed by atoms with Crippen LogP contribution >= 0.6 is 11.1 Å². The van der Waals surface area contributed by atoms with Gasteiger partial charge in [-0.1, -0.05) is 13.1 Å². The third-order valence-electron chi connectivity index (χ3n) is 1.33. The van der Waals surface area contributed by atoms with Crippen LogP contribution in [0.15, 0.2) is 23.3 Å². The molecular formula is C7H11ClN2OSi. The molecule has 1 rings (SSSR count). The van der Waals surface area contributed by atoms with E-state index in [0.717, 1.165) is 0 Å². The Morgan fingerprint density at radius 3 is 2.83 bits per heavy atom. The summed E-state index contributed by atoms with van der Waals surface area (Å²) in [4.78, 5) is 14.7. The first-order valence-corrected chi connectivity index (χ1v) is 7.91. The van der Waals surface area contributed by atoms with E-state index < -0.39 is 7.38 Å². The molecule has 0 atom stereocenters. The van der Waals surface area contributed by atoms with Gasteiger partial charge in [0.25, 0.3) is 0 Å². The number of hydrogen-bond donors (Lipinski definition) is 0. The van der Waals surface area contributed by atoms with Gasteiger partial charge in [0.15, 0.2) is 7.38 Å². The molecule has 0 fully saturated rings. The molecule has 1 aromatic heterocycles. The lowest BCUT2D eigenvalue weighted by Crippen LogP contribution is -2.33. The minimum Gasteiger partial charge on any atom is -0.301 e. The van der Waals surface area contributed by atoms with E-state index in [1.54, 1.807) is 16.8 Å². The highest BCUT2D eigenvalue weighted by molar-refractivity contribution is 7.18. The van der Waals surface area contributed by atoms with Gasteiger partial charge in [-0.15, -0.1) is 0 Å². The van der Waals surface area contributed by atoms with Crippen LogP contribution in [0.2, 0.25) is 13.1 Å². The highest BCUT2D eigenvalue weighted by Gasteiger charge is 2.17. The fourth-order valence-electron chi connectivity index (χ4n) is 0.913. The lowest BCUT2D eigenvalue weighted by Gasteiger charge is -2.13. The van der Waals surface area contributed by atoms with Crippen molar-refractivity contribution in [2.24, 2.45) is 0 Å². The fraction of sp³-hybridized carbons (Fsp3) is 0.429. The van der Waals surface area contributed by atoms with E-state index in [9.17, 15) is 4.79 Å². The van der Waals surface area contributed by atoms with Crippen molar-refractivity contribution in [1.29, 1.82) is 0 Å². The highest BCUT2D eigenvalue weighted by atomic mass is 35.6. The third kappa shape index (κ3) is 2.79. The van der Waals surface area contributed by atoms with Gasteiger partial charge < -0.3 is 4.57 Å². The van der Waals surface area contributed by atoms with Crippen molar-refractivity contribution < 1.29 is 0 Å². The summed E-state index contributed by atoms with van der Waals surface area (Å²) in [5, 5.41) is 0. The van der Waals surface area contributed by atoms with Crippen LogP contribution in [0, 0.1) is 0 Å². The minimum absolute atomic E-state index is 0.223. The molecule has 0 aliphatic heterocycles. The standard InChI is InChI=1S/C7H11ClN2OSi/c1-12(2,8)6-10-5-3-4-9-7(10)11/h3-5H,6H2,1-2H3. The van der Waals surface area contributed by atoms with Crippen molar-refractivity contribution in [2.45, 2.75) is 19.3 Å². The van der Waals surface area contributed by atoms with E-state index in [2.05, 4.69) is 4.98 Å². The smallest absolute Gasteiger partial charge is 0.301 e. The van der Waals surface area contributed by atoms with Crippen LogP contribution in [0.5, 0.6) is 0 Å². The topological polar surface area (TPSA) is 34.9 Å². The van der Waals surface area contributed by atoms with Crippen LogP contribution in [0.1, 0.15) is 0 Å². The maximum atomic E-state index is 11.1. The van der Waals surface area contributed by atoms with Gasteiger partial charge >= 0.3 is 5.69 Å². The molecule has 1 aromatic rings. The molecule has 0 aliphatic rings. The summed E-state index contributed by atoms with van der Waals surface area (Å²) in [5.74, 6) is 0. The average molecular weight is 203 g/mol. The van der Waals surface area contributed by atoms with Gasteiger partial charge in [-0.05, 0) is 6.07 Å². The lowest BCUT2D eigenvalue weighted by molar-refractivity contribution is 0.772. The largest absolute Gasteiger partial charge is 0.347 e. The SMILES string of the molecule is C[Si](C)(Cl)Cn1cccnc1=O. The van der Waals surface area contributed by atoms with E-state index in [1.807, 2.05) is 13.1 Å². The predicted molar refractivity (Wildman–Crippen MR) is 51.8 cm³/mol. The quantitative estimate of drug-likeness (QED) is 0.534. The molecule has 0 aromatic carbocycles. The predicted octanol–water partition coefficient (Wildman–Crippen LogP) is 1.23. The number of nitrogens with zero attached hydrogens (tertiary/aromatic N) is 2. The Bertz CT molecular complexity index is 318. The molecule has 0 saturated heterocycles. The zero-order valence-electron chi connectivity index (χ0n) is 7.12. The van der Waals surface area contributed by atoms with Gasteiger partial charge in [0.1, 0.15) is 0 Å². The second kappa shape index (κ2) is 3.41. The molecule has 0 aliphatic carbocycles. The van der Waals surface area contributed by atoms with Gasteiger partial charge in [0.2, 0.25) is 0 Å². The van der Waals surface area contributed by atoms with E-state index in [4.69, 9.17) is 11.1 Å². The lowest BCUT2D eigenvalue weighted by atomic mass is 10.7. The molecule has 66 valence electrons. The molecular weight excluding hydrogens is 192 g/mol. The zero-order valence-corrected chi connectivity index (χ0v) is 8.88. The molecule has 5 heteroatoms. The van der Waals surface area contributed by atoms with Crippen LogP contribution in [0.25, 0.3) is 0 Å². The first-order chi connectivity index (χ1) is 5.49. The summed E-state index contributed by atoms with van der Waals surface area (Å²) in [6.45, 7) is 3.99. The molecule has 0 unspecified atom stereocenters. The van der Waals surface area contributed by atoms with Crippen molar-refractivity contribution in [2.75, 3.05) is 0 Å².